The molecule has 0 radical (unpaired) electrons. The molecule has 6 aromatic rings. The second kappa shape index (κ2) is 12.3. The molecule has 4 heteroatoms. The Bertz CT molecular complexity index is 2860. The molecule has 312 valence electrons. The van der Waals surface area contributed by atoms with Gasteiger partial charge in [-0.05, 0) is 176 Å². The molecule has 0 spiro atoms. The number of nitrogens with zero attached hydrogens (tertiary/aromatic N) is 2. The fraction of sp³-hybridized carbons (Fsp3) is 0.439. The van der Waals surface area contributed by atoms with Crippen molar-refractivity contribution in [2.75, 3.05) is 9.80 Å². The van der Waals surface area contributed by atoms with Crippen LogP contribution in [0.5, 0.6) is 0 Å². The summed E-state index contributed by atoms with van der Waals surface area (Å²) in [6.07, 6.45) is 7.08. The van der Waals surface area contributed by atoms with Crippen molar-refractivity contribution in [3.8, 4) is 0 Å². The molecule has 11 rings (SSSR count). The maximum atomic E-state index is 7.56. The lowest BCUT2D eigenvalue weighted by Gasteiger charge is -2.47. The van der Waals surface area contributed by atoms with Crippen LogP contribution in [0, 0.1) is 6.92 Å². The van der Waals surface area contributed by atoms with Crippen LogP contribution in [-0.4, -0.2) is 6.71 Å². The summed E-state index contributed by atoms with van der Waals surface area (Å²) >= 11 is 0. The smallest absolute Gasteiger partial charge is 0.297 e. The molecule has 0 saturated heterocycles. The molecule has 2 aliphatic heterocycles. The molecule has 61 heavy (non-hydrogen) atoms. The number of furan rings is 1. The highest BCUT2D eigenvalue weighted by molar-refractivity contribution is 7.00. The van der Waals surface area contributed by atoms with Gasteiger partial charge in [0.15, 0.2) is 0 Å². The normalized spacial score (nSPS) is 21.5. The Labute approximate surface area is 366 Å². The van der Waals surface area contributed by atoms with E-state index in [2.05, 4.69) is 185 Å². The first kappa shape index (κ1) is 39.2. The van der Waals surface area contributed by atoms with Crippen molar-refractivity contribution in [3.63, 3.8) is 0 Å². The van der Waals surface area contributed by atoms with Crippen molar-refractivity contribution in [1.82, 2.24) is 0 Å². The highest BCUT2D eigenvalue weighted by atomic mass is 16.3. The fourth-order valence-electron chi connectivity index (χ4n) is 12.6. The molecule has 0 amide bonds. The van der Waals surface area contributed by atoms with Crippen molar-refractivity contribution in [2.24, 2.45) is 0 Å². The topological polar surface area (TPSA) is 19.6 Å². The predicted molar refractivity (Wildman–Crippen MR) is 261 cm³/mol. The monoisotopic (exact) mass is 805 g/mol. The molecule has 1 aromatic heterocycles. The number of anilines is 6. The average Bonchev–Trinajstić information content (AvgIpc) is 3.58. The quantitative estimate of drug-likeness (QED) is 0.162. The Balaban J connectivity index is 1.26. The molecule has 0 N–H and O–H groups in total. The van der Waals surface area contributed by atoms with Gasteiger partial charge < -0.3 is 14.2 Å². The molecular weight excluding hydrogens is 739 g/mol. The van der Waals surface area contributed by atoms with Crippen molar-refractivity contribution in [3.05, 3.63) is 124 Å². The van der Waals surface area contributed by atoms with Gasteiger partial charge in [-0.15, -0.1) is 0 Å². The largest absolute Gasteiger partial charge is 0.468 e. The van der Waals surface area contributed by atoms with E-state index >= 15 is 0 Å². The summed E-state index contributed by atoms with van der Waals surface area (Å²) in [5, 5.41) is 1.22. The zero-order valence-corrected chi connectivity index (χ0v) is 39.2. The van der Waals surface area contributed by atoms with Gasteiger partial charge in [-0.1, -0.05) is 119 Å². The van der Waals surface area contributed by atoms with Gasteiger partial charge in [-0.2, -0.15) is 0 Å². The van der Waals surface area contributed by atoms with Gasteiger partial charge >= 0.3 is 0 Å². The molecular formula is C57H65BN2O. The predicted octanol–water partition coefficient (Wildman–Crippen LogP) is 13.9. The zero-order valence-electron chi connectivity index (χ0n) is 39.2. The Hall–Kier alpha value is -4.70. The second-order valence-electron chi connectivity index (χ2n) is 23.8. The number of hydrogen-bond donors (Lipinski definition) is 0. The van der Waals surface area contributed by atoms with Crippen LogP contribution in [0.15, 0.2) is 89.3 Å². The van der Waals surface area contributed by atoms with Crippen molar-refractivity contribution in [1.29, 1.82) is 0 Å². The van der Waals surface area contributed by atoms with Gasteiger partial charge in [0.2, 0.25) is 0 Å². The van der Waals surface area contributed by atoms with Crippen LogP contribution in [0.2, 0.25) is 0 Å². The minimum Gasteiger partial charge on any atom is -0.468 e. The van der Waals surface area contributed by atoms with Crippen LogP contribution in [0.4, 0.5) is 34.1 Å². The van der Waals surface area contributed by atoms with E-state index in [9.17, 15) is 0 Å². The van der Waals surface area contributed by atoms with E-state index in [0.717, 1.165) is 11.2 Å². The molecule has 5 aromatic carbocycles. The first-order valence-corrected chi connectivity index (χ1v) is 23.4. The first-order valence-electron chi connectivity index (χ1n) is 23.4. The molecule has 0 atom stereocenters. The third-order valence-corrected chi connectivity index (χ3v) is 17.0. The first-order chi connectivity index (χ1) is 28.6. The Kier molecular flexibility index (Phi) is 7.88. The number of fused-ring (bicyclic) bond motifs is 9. The zero-order chi connectivity index (χ0) is 43.0. The Morgan fingerprint density at radius 2 is 0.951 bits per heavy atom. The van der Waals surface area contributed by atoms with Crippen LogP contribution in [-0.2, 0) is 32.5 Å². The van der Waals surface area contributed by atoms with Crippen LogP contribution < -0.4 is 26.4 Å². The van der Waals surface area contributed by atoms with E-state index in [1.807, 2.05) is 0 Å². The third kappa shape index (κ3) is 5.42. The minimum atomic E-state index is -0.0719. The van der Waals surface area contributed by atoms with Crippen molar-refractivity contribution < 1.29 is 4.42 Å². The second-order valence-corrected chi connectivity index (χ2v) is 23.8. The molecule has 5 aliphatic rings. The molecule has 0 saturated carbocycles. The highest BCUT2D eigenvalue weighted by Crippen LogP contribution is 2.54. The standard InChI is InChI=1S/C57H65BN2O/c1-34-17-14-15-18-44(34)60-46-20-16-19-45-49(46)58(51-50(60)36-30-39-42(33-48(36)61-51)57(12,13)28-25-54(39,6)7)43-31-40-41(56(10,11)27-26-55(40,8)9)32-47(43)59(45)35-21-22-37-38(29-35)53(4,5)24-23-52(37,2)3/h14-22,29-33H,23-28H2,1-13H3. The Morgan fingerprint density at radius 3 is 1.56 bits per heavy atom. The average molecular weight is 805 g/mol. The van der Waals surface area contributed by atoms with E-state index in [-0.39, 0.29) is 39.2 Å². The summed E-state index contributed by atoms with van der Waals surface area (Å²) in [5.74, 6) is 0. The highest BCUT2D eigenvalue weighted by Gasteiger charge is 2.50. The van der Waals surface area contributed by atoms with Gasteiger partial charge in [0.1, 0.15) is 5.58 Å². The minimum absolute atomic E-state index is 0.0563. The van der Waals surface area contributed by atoms with E-state index in [1.165, 1.54) is 128 Å². The maximum absolute atomic E-state index is 7.56. The lowest BCUT2D eigenvalue weighted by Crippen LogP contribution is -2.61. The molecule has 3 heterocycles. The molecule has 0 unspecified atom stereocenters. The summed E-state index contributed by atoms with van der Waals surface area (Å²) in [6, 6.07) is 33.8. The third-order valence-electron chi connectivity index (χ3n) is 17.0. The van der Waals surface area contributed by atoms with Gasteiger partial charge in [0.25, 0.3) is 6.71 Å². The van der Waals surface area contributed by atoms with Gasteiger partial charge in [-0.25, -0.2) is 0 Å². The number of hydrogen-bond acceptors (Lipinski definition) is 3. The molecule has 3 nitrogen and oxygen atoms in total. The lowest BCUT2D eigenvalue weighted by atomic mass is 9.35. The van der Waals surface area contributed by atoms with Crippen molar-refractivity contribution in [2.45, 2.75) is 161 Å². The molecule has 0 bridgehead atoms. The van der Waals surface area contributed by atoms with Crippen LogP contribution >= 0.6 is 0 Å². The lowest BCUT2D eigenvalue weighted by molar-refractivity contribution is 0.332. The van der Waals surface area contributed by atoms with E-state index in [1.54, 1.807) is 0 Å². The van der Waals surface area contributed by atoms with Crippen LogP contribution in [0.1, 0.15) is 161 Å². The van der Waals surface area contributed by atoms with Gasteiger partial charge in [0, 0.05) is 33.8 Å². The van der Waals surface area contributed by atoms with Crippen molar-refractivity contribution >= 4 is 68.4 Å². The fourth-order valence-corrected chi connectivity index (χ4v) is 12.6. The van der Waals surface area contributed by atoms with E-state index in [4.69, 9.17) is 4.42 Å². The number of para-hydroxylation sites is 1. The molecule has 0 fully saturated rings. The summed E-state index contributed by atoms with van der Waals surface area (Å²) in [5.41, 5.74) is 22.9. The summed E-state index contributed by atoms with van der Waals surface area (Å²) in [6.45, 7) is 31.6. The van der Waals surface area contributed by atoms with E-state index < -0.39 is 0 Å². The number of benzene rings is 5. The summed E-state index contributed by atoms with van der Waals surface area (Å²) < 4.78 is 7.56. The summed E-state index contributed by atoms with van der Waals surface area (Å²) in [4.78, 5) is 5.22. The molecule has 3 aliphatic carbocycles. The van der Waals surface area contributed by atoms with E-state index in [0.29, 0.717) is 0 Å². The maximum Gasteiger partial charge on any atom is 0.297 e. The number of rotatable bonds is 2. The van der Waals surface area contributed by atoms with Gasteiger partial charge in [0.05, 0.1) is 11.3 Å². The SMILES string of the molecule is Cc1ccccc1N1c2cccc3c2B(c2cc4c(cc2N3c2ccc3c(c2)C(C)(C)CCC3(C)C)C(C)(C)CCC4(C)C)c2oc3cc4c(cc3c21)C(C)(C)CCC4(C)C. The summed E-state index contributed by atoms with van der Waals surface area (Å²) in [7, 11) is 0. The Morgan fingerprint density at radius 1 is 0.459 bits per heavy atom. The van der Waals surface area contributed by atoms with Gasteiger partial charge in [-0.3, -0.25) is 0 Å². The van der Waals surface area contributed by atoms with Crippen LogP contribution in [0.3, 0.4) is 0 Å². The van der Waals surface area contributed by atoms with Crippen LogP contribution in [0.25, 0.3) is 11.0 Å². The number of aryl methyl sites for hydroxylation is 1.